The Labute approximate surface area is 108 Å². The summed E-state index contributed by atoms with van der Waals surface area (Å²) in [5.74, 6) is 1.70. The third kappa shape index (κ3) is 2.57. The summed E-state index contributed by atoms with van der Waals surface area (Å²) in [6, 6.07) is 6.40. The second-order valence-corrected chi connectivity index (χ2v) is 5.24. The number of piperidine rings is 1. The Bertz CT molecular complexity index is 419. The zero-order valence-electron chi connectivity index (χ0n) is 10.4. The van der Waals surface area contributed by atoms with Crippen LogP contribution >= 0.6 is 12.2 Å². The van der Waals surface area contributed by atoms with E-state index in [2.05, 4.69) is 23.7 Å². The Kier molecular flexibility index (Phi) is 3.62. The van der Waals surface area contributed by atoms with Gasteiger partial charge in [0.2, 0.25) is 0 Å². The van der Waals surface area contributed by atoms with Crippen LogP contribution in [0.25, 0.3) is 0 Å². The Morgan fingerprint density at radius 1 is 1.47 bits per heavy atom. The average Bonchev–Trinajstić information content (AvgIpc) is 2.33. The number of rotatable bonds is 2. The van der Waals surface area contributed by atoms with Gasteiger partial charge in [0.25, 0.3) is 0 Å². The molecule has 2 N–H and O–H groups in total. The van der Waals surface area contributed by atoms with Gasteiger partial charge >= 0.3 is 0 Å². The van der Waals surface area contributed by atoms with Gasteiger partial charge in [0.05, 0.1) is 5.69 Å². The summed E-state index contributed by atoms with van der Waals surface area (Å²) < 4.78 is 0. The largest absolute Gasteiger partial charge is 0.388 e. The van der Waals surface area contributed by atoms with E-state index in [1.54, 1.807) is 0 Å². The highest BCUT2D eigenvalue weighted by Crippen LogP contribution is 2.27. The molecule has 2 rings (SSSR count). The highest BCUT2D eigenvalue weighted by molar-refractivity contribution is 7.80. The van der Waals surface area contributed by atoms with Crippen LogP contribution in [0.15, 0.2) is 18.2 Å². The van der Waals surface area contributed by atoms with Gasteiger partial charge in [-0.25, -0.2) is 4.98 Å². The van der Waals surface area contributed by atoms with Gasteiger partial charge in [-0.05, 0) is 37.8 Å². The first-order chi connectivity index (χ1) is 8.09. The molecule has 2 heterocycles. The van der Waals surface area contributed by atoms with Gasteiger partial charge in [-0.3, -0.25) is 0 Å². The fourth-order valence-electron chi connectivity index (χ4n) is 2.38. The lowest BCUT2D eigenvalue weighted by Gasteiger charge is -2.38. The number of anilines is 1. The summed E-state index contributed by atoms with van der Waals surface area (Å²) in [5, 5.41) is 0. The van der Waals surface area contributed by atoms with Crippen LogP contribution in [-0.4, -0.2) is 22.6 Å². The summed E-state index contributed by atoms with van der Waals surface area (Å²) in [7, 11) is 0. The fourth-order valence-corrected chi connectivity index (χ4v) is 2.49. The molecule has 1 aliphatic heterocycles. The minimum Gasteiger partial charge on any atom is -0.388 e. The van der Waals surface area contributed by atoms with Gasteiger partial charge < -0.3 is 10.6 Å². The van der Waals surface area contributed by atoms with E-state index in [1.165, 1.54) is 12.8 Å². The van der Waals surface area contributed by atoms with E-state index >= 15 is 0 Å². The normalized spacial score (nSPS) is 24.7. The van der Waals surface area contributed by atoms with Crippen molar-refractivity contribution < 1.29 is 0 Å². The molecule has 2 unspecified atom stereocenters. The molecule has 17 heavy (non-hydrogen) atoms. The van der Waals surface area contributed by atoms with Crippen LogP contribution in [0.1, 0.15) is 32.4 Å². The molecule has 0 spiro atoms. The molecule has 3 nitrogen and oxygen atoms in total. The van der Waals surface area contributed by atoms with E-state index in [1.807, 2.05) is 18.2 Å². The minimum atomic E-state index is 0.365. The molecule has 0 saturated carbocycles. The molecule has 2 atom stereocenters. The van der Waals surface area contributed by atoms with Crippen LogP contribution in [0, 0.1) is 5.92 Å². The predicted octanol–water partition coefficient (Wildman–Crippen LogP) is 2.34. The fraction of sp³-hybridized carbons (Fsp3) is 0.538. The Hall–Kier alpha value is -1.16. The average molecular weight is 249 g/mol. The van der Waals surface area contributed by atoms with Gasteiger partial charge in [-0.15, -0.1) is 0 Å². The number of pyridine rings is 1. The molecule has 1 aromatic rings. The first-order valence-corrected chi connectivity index (χ1v) is 6.54. The molecular formula is C13H19N3S. The van der Waals surface area contributed by atoms with Crippen LogP contribution in [0.5, 0.6) is 0 Å². The standard InChI is InChI=1S/C13H19N3S/c1-9-5-4-8-16(10(9)2)12-7-3-6-11(15-12)13(14)17/h3,6-7,9-10H,4-5,8H2,1-2H3,(H2,14,17). The molecule has 1 saturated heterocycles. The van der Waals surface area contributed by atoms with Crippen LogP contribution < -0.4 is 10.6 Å². The topological polar surface area (TPSA) is 42.1 Å². The SMILES string of the molecule is CC1CCCN(c2cccc(C(N)=S)n2)C1C. The van der Waals surface area contributed by atoms with Crippen molar-refractivity contribution >= 4 is 23.0 Å². The van der Waals surface area contributed by atoms with Crippen molar-refractivity contribution in [2.75, 3.05) is 11.4 Å². The summed E-state index contributed by atoms with van der Waals surface area (Å²) in [6.45, 7) is 5.63. The third-order valence-electron chi connectivity index (χ3n) is 3.65. The Balaban J connectivity index is 2.26. The van der Waals surface area contributed by atoms with Gasteiger partial charge in [0.1, 0.15) is 10.8 Å². The van der Waals surface area contributed by atoms with Crippen molar-refractivity contribution in [1.82, 2.24) is 4.98 Å². The van der Waals surface area contributed by atoms with E-state index < -0.39 is 0 Å². The zero-order valence-corrected chi connectivity index (χ0v) is 11.2. The molecule has 1 aliphatic rings. The van der Waals surface area contributed by atoms with Crippen LogP contribution in [0.2, 0.25) is 0 Å². The van der Waals surface area contributed by atoms with E-state index in [9.17, 15) is 0 Å². The van der Waals surface area contributed by atoms with Crippen LogP contribution in [0.3, 0.4) is 0 Å². The van der Waals surface area contributed by atoms with Gasteiger partial charge in [-0.1, -0.05) is 25.2 Å². The monoisotopic (exact) mass is 249 g/mol. The quantitative estimate of drug-likeness (QED) is 0.817. The number of thiocarbonyl (C=S) groups is 1. The van der Waals surface area contributed by atoms with E-state index in [0.717, 1.165) is 12.4 Å². The van der Waals surface area contributed by atoms with Gasteiger partial charge in [0.15, 0.2) is 0 Å². The number of hydrogen-bond donors (Lipinski definition) is 1. The number of nitrogens with zero attached hydrogens (tertiary/aromatic N) is 2. The second-order valence-electron chi connectivity index (χ2n) is 4.80. The summed E-state index contributed by atoms with van der Waals surface area (Å²) in [6.07, 6.45) is 2.52. The highest BCUT2D eigenvalue weighted by atomic mass is 32.1. The van der Waals surface area contributed by atoms with Crippen molar-refractivity contribution in [3.8, 4) is 0 Å². The Morgan fingerprint density at radius 2 is 2.24 bits per heavy atom. The molecule has 1 fully saturated rings. The van der Waals surface area contributed by atoms with E-state index in [-0.39, 0.29) is 0 Å². The summed E-state index contributed by atoms with van der Waals surface area (Å²) >= 11 is 4.97. The Morgan fingerprint density at radius 3 is 2.94 bits per heavy atom. The number of hydrogen-bond acceptors (Lipinski definition) is 3. The molecular weight excluding hydrogens is 230 g/mol. The molecule has 0 aromatic carbocycles. The molecule has 0 aliphatic carbocycles. The first kappa shape index (κ1) is 12.3. The lowest BCUT2D eigenvalue weighted by molar-refractivity contribution is 0.361. The number of nitrogens with two attached hydrogens (primary N) is 1. The lowest BCUT2D eigenvalue weighted by atomic mass is 9.92. The highest BCUT2D eigenvalue weighted by Gasteiger charge is 2.25. The van der Waals surface area contributed by atoms with Crippen molar-refractivity contribution in [3.05, 3.63) is 23.9 Å². The maximum absolute atomic E-state index is 5.62. The van der Waals surface area contributed by atoms with Crippen molar-refractivity contribution in [1.29, 1.82) is 0 Å². The summed E-state index contributed by atoms with van der Waals surface area (Å²) in [5.41, 5.74) is 6.34. The smallest absolute Gasteiger partial charge is 0.129 e. The first-order valence-electron chi connectivity index (χ1n) is 6.13. The van der Waals surface area contributed by atoms with Crippen molar-refractivity contribution in [2.24, 2.45) is 11.7 Å². The summed E-state index contributed by atoms with van der Waals surface area (Å²) in [4.78, 5) is 7.26. The second kappa shape index (κ2) is 5.00. The zero-order chi connectivity index (χ0) is 12.4. The van der Waals surface area contributed by atoms with Crippen molar-refractivity contribution in [3.63, 3.8) is 0 Å². The maximum atomic E-state index is 5.62. The van der Waals surface area contributed by atoms with Crippen LogP contribution in [-0.2, 0) is 0 Å². The van der Waals surface area contributed by atoms with Gasteiger partial charge in [-0.2, -0.15) is 0 Å². The molecule has 92 valence electrons. The molecule has 1 aromatic heterocycles. The molecule has 0 amide bonds. The van der Waals surface area contributed by atoms with Crippen LogP contribution in [0.4, 0.5) is 5.82 Å². The minimum absolute atomic E-state index is 0.365. The molecule has 4 heteroatoms. The van der Waals surface area contributed by atoms with Crippen molar-refractivity contribution in [2.45, 2.75) is 32.7 Å². The number of aromatic nitrogens is 1. The molecule has 0 bridgehead atoms. The maximum Gasteiger partial charge on any atom is 0.129 e. The predicted molar refractivity (Wildman–Crippen MR) is 75.3 cm³/mol. The van der Waals surface area contributed by atoms with E-state index in [0.29, 0.717) is 22.6 Å². The lowest BCUT2D eigenvalue weighted by Crippen LogP contribution is -2.43. The van der Waals surface area contributed by atoms with E-state index in [4.69, 9.17) is 18.0 Å². The third-order valence-corrected chi connectivity index (χ3v) is 3.86. The molecule has 0 radical (unpaired) electrons. The van der Waals surface area contributed by atoms with Gasteiger partial charge in [0, 0.05) is 12.6 Å².